The minimum Gasteiger partial charge on any atom is -0.384 e. The van der Waals surface area contributed by atoms with Gasteiger partial charge in [-0.1, -0.05) is 44.2 Å². The van der Waals surface area contributed by atoms with Crippen LogP contribution >= 0.6 is 12.6 Å². The van der Waals surface area contributed by atoms with Crippen LogP contribution in [0, 0.1) is 23.0 Å². The zero-order valence-electron chi connectivity index (χ0n) is 28.7. The lowest BCUT2D eigenvalue weighted by molar-refractivity contribution is -0.147. The number of thiol groups is 1. The molecule has 2 aromatic carbocycles. The smallest absolute Gasteiger partial charge is 0.251 e. The molecule has 1 aromatic heterocycles. The monoisotopic (exact) mass is 728 g/mol. The van der Waals surface area contributed by atoms with Crippen LogP contribution in [-0.4, -0.2) is 98.3 Å². The number of benzene rings is 2. The second-order valence-corrected chi connectivity index (χ2v) is 14.5. The van der Waals surface area contributed by atoms with Gasteiger partial charge in [0, 0.05) is 75.2 Å². The third-order valence-electron chi connectivity index (χ3n) is 9.33. The number of nitrogens with one attached hydrogen (secondary N) is 2. The number of hydrogen-bond acceptors (Lipinski definition) is 8. The number of imidazole rings is 1. The lowest BCUT2D eigenvalue weighted by Crippen LogP contribution is -2.50. The van der Waals surface area contributed by atoms with E-state index in [2.05, 4.69) is 23.3 Å². The van der Waals surface area contributed by atoms with Crippen molar-refractivity contribution >= 4 is 36.3 Å². The predicted molar refractivity (Wildman–Crippen MR) is 186 cm³/mol. The van der Waals surface area contributed by atoms with Crippen LogP contribution < -0.4 is 10.6 Å². The molecule has 0 saturated carbocycles. The van der Waals surface area contributed by atoms with Gasteiger partial charge in [0.1, 0.15) is 29.7 Å². The zero-order chi connectivity index (χ0) is 37.0. The van der Waals surface area contributed by atoms with Gasteiger partial charge in [0.2, 0.25) is 17.7 Å². The fourth-order valence-electron chi connectivity index (χ4n) is 6.77. The molecule has 3 N–H and O–H groups in total. The zero-order valence-corrected chi connectivity index (χ0v) is 29.6. The molecule has 3 heterocycles. The van der Waals surface area contributed by atoms with Gasteiger partial charge in [0.05, 0.1) is 17.0 Å². The van der Waals surface area contributed by atoms with E-state index in [9.17, 15) is 28.7 Å². The minimum absolute atomic E-state index is 0.0227. The highest BCUT2D eigenvalue weighted by Crippen LogP contribution is 2.43. The molecule has 2 aliphatic rings. The Kier molecular flexibility index (Phi) is 11.9. The second-order valence-electron chi connectivity index (χ2n) is 13.8. The summed E-state index contributed by atoms with van der Waals surface area (Å²) in [6.45, 7) is 5.06. The van der Waals surface area contributed by atoms with Gasteiger partial charge in [-0.2, -0.15) is 12.6 Å². The van der Waals surface area contributed by atoms with Gasteiger partial charge in [0.15, 0.2) is 0 Å². The molecule has 0 aliphatic carbocycles. The summed E-state index contributed by atoms with van der Waals surface area (Å²) in [5.41, 5.74) is -0.409. The summed E-state index contributed by atoms with van der Waals surface area (Å²) < 4.78 is 46.4. The normalized spacial score (nSPS) is 20.5. The highest BCUT2D eigenvalue weighted by atomic mass is 32.1. The fraction of sp³-hybridized carbons (Fsp3) is 0.472. The maximum Gasteiger partial charge on any atom is 0.251 e. The second kappa shape index (κ2) is 16.0. The molecule has 4 amide bonds. The molecule has 274 valence electrons. The maximum absolute atomic E-state index is 15.2. The van der Waals surface area contributed by atoms with Crippen molar-refractivity contribution in [2.45, 2.75) is 63.7 Å². The number of rotatable bonds is 14. The van der Waals surface area contributed by atoms with Crippen LogP contribution in [0.2, 0.25) is 0 Å². The molecule has 0 spiro atoms. The number of aliphatic hydroxyl groups excluding tert-OH is 1. The number of hydrogen-bond donors (Lipinski definition) is 4. The number of halogens is 3. The number of likely N-dealkylation sites (tertiary alicyclic amines) is 1. The highest BCUT2D eigenvalue weighted by Gasteiger charge is 2.45. The highest BCUT2D eigenvalue weighted by molar-refractivity contribution is 7.81. The number of alkyl halides is 1. The van der Waals surface area contributed by atoms with E-state index in [-0.39, 0.29) is 75.1 Å². The van der Waals surface area contributed by atoms with Crippen molar-refractivity contribution in [3.63, 3.8) is 0 Å². The molecule has 0 bridgehead atoms. The Morgan fingerprint density at radius 2 is 1.88 bits per heavy atom. The standard InChI is InChI=1S/C36H43F3N6O5S/c1-21(46)34(49)45(19-23-16-40-17-27(23)39)32(36(2,3)15-30(47)41-11-12-44-31(48)14-29(51)35(44)50)33-42-28(25-13-24(37)9-10-26(25)38)20-43(33)18-22-7-5-4-6-8-22/h4-10,13,20-21,23,27,29,32,40,46,51H,11-12,14-19H2,1-3H3,(H,41,47)/t21-,23-,27-,29?,32-/m0/s1. The summed E-state index contributed by atoms with van der Waals surface area (Å²) in [7, 11) is 0. The van der Waals surface area contributed by atoms with Gasteiger partial charge in [-0.3, -0.25) is 24.1 Å². The van der Waals surface area contributed by atoms with E-state index in [1.807, 2.05) is 30.3 Å². The molecular weight excluding hydrogens is 685 g/mol. The van der Waals surface area contributed by atoms with Gasteiger partial charge in [-0.05, 0) is 30.7 Å². The summed E-state index contributed by atoms with van der Waals surface area (Å²) in [5.74, 6) is -3.88. The molecule has 51 heavy (non-hydrogen) atoms. The third-order valence-corrected chi connectivity index (χ3v) is 9.73. The maximum atomic E-state index is 15.2. The minimum atomic E-state index is -1.51. The van der Waals surface area contributed by atoms with Gasteiger partial charge < -0.3 is 25.2 Å². The van der Waals surface area contributed by atoms with Gasteiger partial charge >= 0.3 is 0 Å². The number of nitrogens with zero attached hydrogens (tertiary/aromatic N) is 4. The summed E-state index contributed by atoms with van der Waals surface area (Å²) >= 11 is 4.13. The van der Waals surface area contributed by atoms with E-state index in [0.29, 0.717) is 0 Å². The van der Waals surface area contributed by atoms with Crippen molar-refractivity contribution in [2.24, 2.45) is 11.3 Å². The first kappa shape index (κ1) is 38.0. The molecule has 2 aliphatic heterocycles. The Bertz CT molecular complexity index is 1760. The number of aliphatic hydroxyl groups is 1. The van der Waals surface area contributed by atoms with Gasteiger partial charge in [-0.25, -0.2) is 18.2 Å². The fourth-order valence-corrected chi connectivity index (χ4v) is 7.06. The number of amides is 4. The van der Waals surface area contributed by atoms with Crippen molar-refractivity contribution in [1.82, 2.24) is 30.0 Å². The Balaban J connectivity index is 1.57. The molecule has 2 saturated heterocycles. The van der Waals surface area contributed by atoms with Crippen molar-refractivity contribution < 1.29 is 37.5 Å². The van der Waals surface area contributed by atoms with Crippen molar-refractivity contribution in [3.05, 3.63) is 77.8 Å². The van der Waals surface area contributed by atoms with Crippen LogP contribution in [0.1, 0.15) is 51.0 Å². The van der Waals surface area contributed by atoms with E-state index < -0.39 is 64.3 Å². The molecule has 5 rings (SSSR count). The summed E-state index contributed by atoms with van der Waals surface area (Å²) in [5, 5.41) is 15.7. The number of carbonyl (C=O) groups excluding carboxylic acids is 4. The van der Waals surface area contributed by atoms with E-state index in [1.54, 1.807) is 24.6 Å². The van der Waals surface area contributed by atoms with Gasteiger partial charge in [-0.15, -0.1) is 0 Å². The number of carbonyl (C=O) groups is 4. The average Bonchev–Trinajstić information content (AvgIpc) is 3.74. The first-order chi connectivity index (χ1) is 24.2. The van der Waals surface area contributed by atoms with Crippen LogP contribution in [0.5, 0.6) is 0 Å². The molecular formula is C36H43F3N6O5S. The largest absolute Gasteiger partial charge is 0.384 e. The molecule has 15 heteroatoms. The molecule has 2 fully saturated rings. The summed E-state index contributed by atoms with van der Waals surface area (Å²) in [6, 6.07) is 11.1. The first-order valence-electron chi connectivity index (χ1n) is 16.8. The van der Waals surface area contributed by atoms with E-state index in [0.717, 1.165) is 28.7 Å². The number of imide groups is 1. The van der Waals surface area contributed by atoms with Crippen LogP contribution in [0.15, 0.2) is 54.7 Å². The van der Waals surface area contributed by atoms with Crippen molar-refractivity contribution in [1.29, 1.82) is 0 Å². The van der Waals surface area contributed by atoms with Crippen molar-refractivity contribution in [3.8, 4) is 11.3 Å². The Hall–Kier alpha value is -4.21. The van der Waals surface area contributed by atoms with Crippen molar-refractivity contribution in [2.75, 3.05) is 32.7 Å². The molecule has 0 radical (unpaired) electrons. The van der Waals surface area contributed by atoms with Crippen LogP contribution in [0.25, 0.3) is 11.3 Å². The van der Waals surface area contributed by atoms with Crippen LogP contribution in [0.4, 0.5) is 13.2 Å². The SMILES string of the molecule is C[C@H](O)C(=O)N(C[C@@H]1CNC[C@@H]1F)[C@@H](c1nc(-c2cc(F)ccc2F)cn1Cc1ccccc1)C(C)(C)CC(=O)NCCN1C(=O)CC(S)C1=O. The van der Waals surface area contributed by atoms with E-state index >= 15 is 8.78 Å². The Morgan fingerprint density at radius 1 is 1.16 bits per heavy atom. The molecule has 1 unspecified atom stereocenters. The lowest BCUT2D eigenvalue weighted by Gasteiger charge is -2.43. The quantitative estimate of drug-likeness (QED) is 0.148. The molecule has 3 aromatic rings. The number of aromatic nitrogens is 2. The predicted octanol–water partition coefficient (Wildman–Crippen LogP) is 3.27. The summed E-state index contributed by atoms with van der Waals surface area (Å²) in [4.78, 5) is 59.2. The van der Waals surface area contributed by atoms with Crippen LogP contribution in [-0.2, 0) is 25.7 Å². The Labute approximate surface area is 300 Å². The van der Waals surface area contributed by atoms with E-state index in [4.69, 9.17) is 4.98 Å². The average molecular weight is 729 g/mol. The summed E-state index contributed by atoms with van der Waals surface area (Å²) in [6.07, 6.45) is -1.50. The lowest BCUT2D eigenvalue weighted by atomic mass is 9.78. The third kappa shape index (κ3) is 8.82. The first-order valence-corrected chi connectivity index (χ1v) is 17.4. The van der Waals surface area contributed by atoms with Crippen LogP contribution in [0.3, 0.4) is 0 Å². The van der Waals surface area contributed by atoms with Gasteiger partial charge in [0.25, 0.3) is 5.91 Å². The van der Waals surface area contributed by atoms with E-state index in [1.165, 1.54) is 11.8 Å². The Morgan fingerprint density at radius 3 is 2.51 bits per heavy atom. The molecule has 5 atom stereocenters. The molecule has 11 nitrogen and oxygen atoms in total. The topological polar surface area (TPSA) is 137 Å².